The number of nitrogens with one attached hydrogen (secondary N) is 1. The van der Waals surface area contributed by atoms with Gasteiger partial charge >= 0.3 is 0 Å². The molecule has 0 aliphatic carbocycles. The van der Waals surface area contributed by atoms with Crippen molar-refractivity contribution in [1.82, 2.24) is 5.32 Å². The molecule has 0 radical (unpaired) electrons. The Morgan fingerprint density at radius 1 is 1.14 bits per heavy atom. The van der Waals surface area contributed by atoms with Crippen LogP contribution in [0.5, 0.6) is 0 Å². The molecule has 0 aromatic heterocycles. The number of benzene rings is 2. The second-order valence-electron chi connectivity index (χ2n) is 4.98. The van der Waals surface area contributed by atoms with Crippen molar-refractivity contribution >= 4 is 31.9 Å². The number of rotatable bonds is 6. The van der Waals surface area contributed by atoms with Crippen molar-refractivity contribution in [1.29, 1.82) is 0 Å². The van der Waals surface area contributed by atoms with Crippen LogP contribution in [0, 0.1) is 5.82 Å². The van der Waals surface area contributed by atoms with Crippen molar-refractivity contribution in [3.05, 3.63) is 68.4 Å². The highest BCUT2D eigenvalue weighted by molar-refractivity contribution is 9.10. The van der Waals surface area contributed by atoms with Gasteiger partial charge in [0.1, 0.15) is 5.82 Å². The molecule has 1 nitrogen and oxygen atoms in total. The average molecular weight is 415 g/mol. The van der Waals surface area contributed by atoms with Gasteiger partial charge in [0.15, 0.2) is 0 Å². The minimum atomic E-state index is -0.212. The fourth-order valence-corrected chi connectivity index (χ4v) is 3.12. The highest BCUT2D eigenvalue weighted by atomic mass is 79.9. The molecule has 0 amide bonds. The maximum absolute atomic E-state index is 13.7. The SMILES string of the molecule is CCCNC(Cc1cccc(F)c1Br)c1cccc(Br)c1. The van der Waals surface area contributed by atoms with Crippen molar-refractivity contribution in [2.75, 3.05) is 6.54 Å². The summed E-state index contributed by atoms with van der Waals surface area (Å²) < 4.78 is 15.3. The van der Waals surface area contributed by atoms with Crippen molar-refractivity contribution in [3.63, 3.8) is 0 Å². The first-order chi connectivity index (χ1) is 10.1. The molecule has 0 saturated heterocycles. The predicted molar refractivity (Wildman–Crippen MR) is 93.0 cm³/mol. The zero-order valence-electron chi connectivity index (χ0n) is 11.9. The van der Waals surface area contributed by atoms with Crippen molar-refractivity contribution < 1.29 is 4.39 Å². The van der Waals surface area contributed by atoms with Gasteiger partial charge in [-0.25, -0.2) is 4.39 Å². The average Bonchev–Trinajstić information content (AvgIpc) is 2.47. The molecular weight excluding hydrogens is 397 g/mol. The lowest BCUT2D eigenvalue weighted by Gasteiger charge is -2.20. The topological polar surface area (TPSA) is 12.0 Å². The molecule has 0 bridgehead atoms. The Balaban J connectivity index is 2.26. The summed E-state index contributed by atoms with van der Waals surface area (Å²) in [6.07, 6.45) is 1.81. The fraction of sp³-hybridized carbons (Fsp3) is 0.294. The molecule has 0 spiro atoms. The lowest BCUT2D eigenvalue weighted by Crippen LogP contribution is -2.24. The van der Waals surface area contributed by atoms with Gasteiger partial charge in [-0.2, -0.15) is 0 Å². The van der Waals surface area contributed by atoms with Gasteiger partial charge in [0.05, 0.1) is 4.47 Å². The van der Waals surface area contributed by atoms with Crippen molar-refractivity contribution in [2.45, 2.75) is 25.8 Å². The minimum Gasteiger partial charge on any atom is -0.310 e. The van der Waals surface area contributed by atoms with Crippen LogP contribution in [-0.2, 0) is 6.42 Å². The third kappa shape index (κ3) is 4.63. The molecule has 0 fully saturated rings. The largest absolute Gasteiger partial charge is 0.310 e. The standard InChI is InChI=1S/C17H18Br2FN/c1-2-9-21-16(12-5-3-7-14(18)10-12)11-13-6-4-8-15(20)17(13)19/h3-8,10,16,21H,2,9,11H2,1H3. The second-order valence-corrected chi connectivity index (χ2v) is 6.69. The molecule has 2 rings (SSSR count). The van der Waals surface area contributed by atoms with Gasteiger partial charge in [0, 0.05) is 10.5 Å². The summed E-state index contributed by atoms with van der Waals surface area (Å²) in [5, 5.41) is 3.54. The zero-order valence-corrected chi connectivity index (χ0v) is 15.0. The highest BCUT2D eigenvalue weighted by Gasteiger charge is 2.15. The lowest BCUT2D eigenvalue weighted by atomic mass is 9.98. The van der Waals surface area contributed by atoms with Gasteiger partial charge in [0.25, 0.3) is 0 Å². The Labute approximate surface area is 142 Å². The van der Waals surface area contributed by atoms with Gasteiger partial charge in [0.2, 0.25) is 0 Å². The number of hydrogen-bond donors (Lipinski definition) is 1. The smallest absolute Gasteiger partial charge is 0.137 e. The van der Waals surface area contributed by atoms with Crippen LogP contribution in [0.1, 0.15) is 30.5 Å². The molecule has 1 unspecified atom stereocenters. The van der Waals surface area contributed by atoms with E-state index < -0.39 is 0 Å². The van der Waals surface area contributed by atoms with Gasteiger partial charge in [-0.3, -0.25) is 0 Å². The first-order valence-electron chi connectivity index (χ1n) is 7.03. The van der Waals surface area contributed by atoms with Crippen LogP contribution in [0.3, 0.4) is 0 Å². The zero-order chi connectivity index (χ0) is 15.2. The number of hydrogen-bond acceptors (Lipinski definition) is 1. The van der Waals surface area contributed by atoms with Gasteiger partial charge in [-0.1, -0.05) is 47.1 Å². The van der Waals surface area contributed by atoms with E-state index in [0.717, 1.165) is 29.4 Å². The van der Waals surface area contributed by atoms with Crippen LogP contribution in [0.25, 0.3) is 0 Å². The monoisotopic (exact) mass is 413 g/mol. The van der Waals surface area contributed by atoms with Crippen LogP contribution in [0.2, 0.25) is 0 Å². The summed E-state index contributed by atoms with van der Waals surface area (Å²) in [5.74, 6) is -0.212. The Morgan fingerprint density at radius 2 is 1.90 bits per heavy atom. The van der Waals surface area contributed by atoms with E-state index in [2.05, 4.69) is 56.2 Å². The van der Waals surface area contributed by atoms with Crippen LogP contribution < -0.4 is 5.32 Å². The highest BCUT2D eigenvalue weighted by Crippen LogP contribution is 2.27. The molecule has 0 saturated carbocycles. The Bertz CT molecular complexity index is 601. The van der Waals surface area contributed by atoms with Crippen molar-refractivity contribution in [2.24, 2.45) is 0 Å². The Hall–Kier alpha value is -0.710. The summed E-state index contributed by atoms with van der Waals surface area (Å²) >= 11 is 6.86. The third-order valence-corrected chi connectivity index (χ3v) is 4.73. The number of halogens is 3. The van der Waals surface area contributed by atoms with E-state index in [1.165, 1.54) is 11.6 Å². The summed E-state index contributed by atoms with van der Waals surface area (Å²) in [6.45, 7) is 3.08. The van der Waals surface area contributed by atoms with E-state index in [0.29, 0.717) is 4.47 Å². The molecule has 0 aliphatic heterocycles. The molecule has 0 heterocycles. The first-order valence-corrected chi connectivity index (χ1v) is 8.62. The Kier molecular flexibility index (Phi) is 6.40. The van der Waals surface area contributed by atoms with Crippen LogP contribution in [-0.4, -0.2) is 6.54 Å². The summed E-state index contributed by atoms with van der Waals surface area (Å²) in [6, 6.07) is 13.6. The van der Waals surface area contributed by atoms with E-state index >= 15 is 0 Å². The van der Waals surface area contributed by atoms with E-state index in [1.54, 1.807) is 6.07 Å². The molecular formula is C17H18Br2FN. The van der Waals surface area contributed by atoms with E-state index in [4.69, 9.17) is 0 Å². The van der Waals surface area contributed by atoms with Gasteiger partial charge < -0.3 is 5.32 Å². The molecule has 21 heavy (non-hydrogen) atoms. The predicted octanol–water partition coefficient (Wildman–Crippen LogP) is 5.63. The summed E-state index contributed by atoms with van der Waals surface area (Å²) in [7, 11) is 0. The molecule has 1 atom stereocenters. The summed E-state index contributed by atoms with van der Waals surface area (Å²) in [4.78, 5) is 0. The normalized spacial score (nSPS) is 12.4. The molecule has 112 valence electrons. The van der Waals surface area contributed by atoms with Crippen molar-refractivity contribution in [3.8, 4) is 0 Å². The van der Waals surface area contributed by atoms with Gasteiger partial charge in [-0.05, 0) is 64.6 Å². The maximum atomic E-state index is 13.7. The van der Waals surface area contributed by atoms with E-state index in [1.807, 2.05) is 18.2 Å². The third-order valence-electron chi connectivity index (χ3n) is 3.35. The minimum absolute atomic E-state index is 0.167. The van der Waals surface area contributed by atoms with Crippen LogP contribution in [0.4, 0.5) is 4.39 Å². The second kappa shape index (κ2) is 8.06. The Morgan fingerprint density at radius 3 is 2.62 bits per heavy atom. The first kappa shape index (κ1) is 16.7. The maximum Gasteiger partial charge on any atom is 0.137 e. The van der Waals surface area contributed by atoms with E-state index in [9.17, 15) is 4.39 Å². The van der Waals surface area contributed by atoms with Gasteiger partial charge in [-0.15, -0.1) is 0 Å². The molecule has 2 aromatic carbocycles. The fourth-order valence-electron chi connectivity index (χ4n) is 2.28. The quantitative estimate of drug-likeness (QED) is 0.645. The molecule has 4 heteroatoms. The molecule has 1 N–H and O–H groups in total. The van der Waals surface area contributed by atoms with Crippen LogP contribution >= 0.6 is 31.9 Å². The van der Waals surface area contributed by atoms with E-state index in [-0.39, 0.29) is 11.9 Å². The summed E-state index contributed by atoms with van der Waals surface area (Å²) in [5.41, 5.74) is 2.18. The lowest BCUT2D eigenvalue weighted by molar-refractivity contribution is 0.525. The molecule has 2 aromatic rings. The molecule has 0 aliphatic rings. The van der Waals surface area contributed by atoms with Crippen LogP contribution in [0.15, 0.2) is 51.4 Å².